The fourth-order valence-electron chi connectivity index (χ4n) is 1.63. The lowest BCUT2D eigenvalue weighted by Gasteiger charge is -2.04. The van der Waals surface area contributed by atoms with E-state index in [1.807, 2.05) is 13.0 Å². The van der Waals surface area contributed by atoms with Gasteiger partial charge in [-0.3, -0.25) is 0 Å². The van der Waals surface area contributed by atoms with Gasteiger partial charge in [-0.2, -0.15) is 0 Å². The smallest absolute Gasteiger partial charge is 0.0158 e. The van der Waals surface area contributed by atoms with Gasteiger partial charge in [0.05, 0.1) is 0 Å². The summed E-state index contributed by atoms with van der Waals surface area (Å²) in [6.45, 7) is 12.3. The summed E-state index contributed by atoms with van der Waals surface area (Å²) in [7, 11) is 0. The fourth-order valence-corrected chi connectivity index (χ4v) is 1.63. The summed E-state index contributed by atoms with van der Waals surface area (Å²) in [5, 5.41) is 0. The van der Waals surface area contributed by atoms with Crippen LogP contribution in [0.4, 0.5) is 0 Å². The Labute approximate surface area is 107 Å². The van der Waals surface area contributed by atoms with Gasteiger partial charge in [-0.15, -0.1) is 0 Å². The minimum absolute atomic E-state index is 1.20. The second-order valence-corrected chi connectivity index (χ2v) is 4.12. The molecule has 0 saturated heterocycles. The summed E-state index contributed by atoms with van der Waals surface area (Å²) in [5.41, 5.74) is 3.77. The minimum atomic E-state index is 1.20. The molecule has 0 unspecified atom stereocenters. The van der Waals surface area contributed by atoms with Gasteiger partial charge in [0.15, 0.2) is 0 Å². The first-order chi connectivity index (χ1) is 8.21. The minimum Gasteiger partial charge on any atom is -0.0985 e. The van der Waals surface area contributed by atoms with E-state index in [9.17, 15) is 0 Å². The van der Waals surface area contributed by atoms with Gasteiger partial charge in [-0.1, -0.05) is 76.1 Å². The Morgan fingerprint density at radius 1 is 1.18 bits per heavy atom. The second-order valence-electron chi connectivity index (χ2n) is 4.12. The molecular weight excluding hydrogens is 204 g/mol. The molecule has 0 aromatic heterocycles. The first-order valence-corrected chi connectivity index (χ1v) is 6.55. The van der Waals surface area contributed by atoms with Crippen molar-refractivity contribution in [3.05, 3.63) is 54.1 Å². The van der Waals surface area contributed by atoms with Crippen LogP contribution in [0, 0.1) is 6.92 Å². The van der Waals surface area contributed by atoms with Crippen molar-refractivity contribution < 1.29 is 0 Å². The Bertz CT molecular complexity index is 343. The molecule has 0 aliphatic carbocycles. The topological polar surface area (TPSA) is 0 Å². The Hall–Kier alpha value is -1.30. The molecule has 0 N–H and O–H groups in total. The van der Waals surface area contributed by atoms with Crippen LogP contribution in [0.25, 0.3) is 5.57 Å². The summed E-state index contributed by atoms with van der Waals surface area (Å²) >= 11 is 0. The van der Waals surface area contributed by atoms with Crippen LogP contribution in [0.2, 0.25) is 0 Å². The number of benzene rings is 1. The van der Waals surface area contributed by atoms with E-state index in [0.717, 1.165) is 0 Å². The highest BCUT2D eigenvalue weighted by Gasteiger charge is 1.97. The number of allylic oxidation sites excluding steroid dienone is 3. The molecule has 17 heavy (non-hydrogen) atoms. The van der Waals surface area contributed by atoms with Gasteiger partial charge in [0.2, 0.25) is 0 Å². The van der Waals surface area contributed by atoms with Gasteiger partial charge in [0.25, 0.3) is 0 Å². The van der Waals surface area contributed by atoms with Crippen molar-refractivity contribution in [2.45, 2.75) is 47.0 Å². The van der Waals surface area contributed by atoms with Gasteiger partial charge >= 0.3 is 0 Å². The van der Waals surface area contributed by atoms with Gasteiger partial charge in [0.1, 0.15) is 0 Å². The van der Waals surface area contributed by atoms with E-state index >= 15 is 0 Å². The summed E-state index contributed by atoms with van der Waals surface area (Å²) < 4.78 is 0. The highest BCUT2D eigenvalue weighted by molar-refractivity contribution is 5.75. The predicted octanol–water partition coefficient (Wildman–Crippen LogP) is 5.78. The van der Waals surface area contributed by atoms with Crippen molar-refractivity contribution in [3.63, 3.8) is 0 Å². The van der Waals surface area contributed by atoms with E-state index in [1.165, 1.54) is 36.0 Å². The van der Waals surface area contributed by atoms with Gasteiger partial charge < -0.3 is 0 Å². The highest BCUT2D eigenvalue weighted by Crippen LogP contribution is 2.18. The number of hydrogen-bond acceptors (Lipinski definition) is 0. The van der Waals surface area contributed by atoms with Crippen LogP contribution >= 0.6 is 0 Å². The van der Waals surface area contributed by atoms with Crippen LogP contribution in [0.1, 0.15) is 51.2 Å². The molecule has 0 fully saturated rings. The lowest BCUT2D eigenvalue weighted by molar-refractivity contribution is 0.772. The summed E-state index contributed by atoms with van der Waals surface area (Å²) in [6.07, 6.45) is 8.05. The molecule has 0 aliphatic rings. The average molecular weight is 230 g/mol. The lowest BCUT2D eigenvalue weighted by atomic mass is 10.0. The predicted molar refractivity (Wildman–Crippen MR) is 80.2 cm³/mol. The highest BCUT2D eigenvalue weighted by atomic mass is 14.0. The quantitative estimate of drug-likeness (QED) is 0.575. The molecule has 0 spiro atoms. The maximum atomic E-state index is 3.78. The zero-order valence-electron chi connectivity index (χ0n) is 11.8. The van der Waals surface area contributed by atoms with E-state index < -0.39 is 0 Å². The molecule has 0 saturated carbocycles. The van der Waals surface area contributed by atoms with Gasteiger partial charge in [0, 0.05) is 0 Å². The van der Waals surface area contributed by atoms with Crippen LogP contribution in [0.5, 0.6) is 0 Å². The third-order valence-corrected chi connectivity index (χ3v) is 2.69. The lowest BCUT2D eigenvalue weighted by Crippen LogP contribution is -1.84. The molecule has 0 heterocycles. The van der Waals surface area contributed by atoms with Crippen molar-refractivity contribution in [1.29, 1.82) is 0 Å². The van der Waals surface area contributed by atoms with Crippen LogP contribution in [-0.4, -0.2) is 0 Å². The summed E-state index contributed by atoms with van der Waals surface area (Å²) in [5.74, 6) is 0. The largest absolute Gasteiger partial charge is 0.0985 e. The van der Waals surface area contributed by atoms with Crippen LogP contribution in [0.3, 0.4) is 0 Å². The van der Waals surface area contributed by atoms with E-state index in [0.29, 0.717) is 0 Å². The van der Waals surface area contributed by atoms with E-state index in [1.54, 1.807) is 0 Å². The zero-order chi connectivity index (χ0) is 13.1. The number of hydrogen-bond donors (Lipinski definition) is 0. The first kappa shape index (κ1) is 15.7. The molecule has 1 rings (SSSR count). The monoisotopic (exact) mass is 230 g/mol. The Morgan fingerprint density at radius 2 is 1.76 bits per heavy atom. The number of aryl methyl sites for hydroxylation is 1. The van der Waals surface area contributed by atoms with Crippen LogP contribution in [-0.2, 0) is 0 Å². The van der Waals surface area contributed by atoms with Gasteiger partial charge in [-0.25, -0.2) is 0 Å². The van der Waals surface area contributed by atoms with E-state index in [4.69, 9.17) is 0 Å². The molecule has 1 aromatic rings. The van der Waals surface area contributed by atoms with Crippen molar-refractivity contribution >= 4 is 5.57 Å². The maximum Gasteiger partial charge on any atom is -0.0158 e. The molecule has 0 radical (unpaired) electrons. The van der Waals surface area contributed by atoms with Crippen LogP contribution < -0.4 is 0 Å². The van der Waals surface area contributed by atoms with Gasteiger partial charge in [-0.05, 0) is 30.5 Å². The summed E-state index contributed by atoms with van der Waals surface area (Å²) in [4.78, 5) is 0. The van der Waals surface area contributed by atoms with Crippen molar-refractivity contribution in [2.24, 2.45) is 0 Å². The number of unbranched alkanes of at least 4 members (excludes halogenated alkanes) is 2. The number of rotatable bonds is 4. The third-order valence-electron chi connectivity index (χ3n) is 2.69. The average Bonchev–Trinajstić information content (AvgIpc) is 2.35. The van der Waals surface area contributed by atoms with Crippen molar-refractivity contribution in [2.75, 3.05) is 0 Å². The Kier molecular flexibility index (Phi) is 9.14. The Morgan fingerprint density at radius 3 is 2.12 bits per heavy atom. The molecular formula is C17H26. The fraction of sp³-hybridized carbons (Fsp3) is 0.412. The zero-order valence-corrected chi connectivity index (χ0v) is 11.8. The van der Waals surface area contributed by atoms with E-state index in [-0.39, 0.29) is 0 Å². The molecule has 0 heteroatoms. The van der Waals surface area contributed by atoms with E-state index in [2.05, 4.69) is 57.7 Å². The molecule has 0 atom stereocenters. The Balaban J connectivity index is 0.000000437. The molecule has 0 nitrogen and oxygen atoms in total. The molecule has 94 valence electrons. The first-order valence-electron chi connectivity index (χ1n) is 6.55. The van der Waals surface area contributed by atoms with Crippen molar-refractivity contribution in [3.8, 4) is 0 Å². The van der Waals surface area contributed by atoms with Crippen LogP contribution in [0.15, 0.2) is 43.0 Å². The summed E-state index contributed by atoms with van der Waals surface area (Å²) in [6, 6.07) is 8.33. The normalized spacial score (nSPS) is 10.5. The molecule has 0 amide bonds. The molecule has 0 aliphatic heterocycles. The molecule has 1 aromatic carbocycles. The molecule has 0 bridgehead atoms. The maximum absolute atomic E-state index is 3.78. The third kappa shape index (κ3) is 6.11. The van der Waals surface area contributed by atoms with Crippen molar-refractivity contribution in [1.82, 2.24) is 0 Å². The SMILES string of the molecule is C=C/C(=C/C)c1ccccc1C.CCCCC. The second kappa shape index (κ2) is 9.89. The standard InChI is InChI=1S/C12H14.C5H12/c1-4-11(5-2)12-9-7-6-8-10(12)3;1-3-5-4-2/h4-9H,1H2,2-3H3;3-5H2,1-2H3/b11-5-;.